The highest BCUT2D eigenvalue weighted by atomic mass is 19.3. The third-order valence-electron chi connectivity index (χ3n) is 1.84. The van der Waals surface area contributed by atoms with Gasteiger partial charge in [-0.05, 0) is 17.7 Å². The van der Waals surface area contributed by atoms with Crippen LogP contribution in [0.2, 0.25) is 0 Å². The van der Waals surface area contributed by atoms with Gasteiger partial charge in [0.1, 0.15) is 0 Å². The minimum atomic E-state index is -2.54. The van der Waals surface area contributed by atoms with Gasteiger partial charge in [-0.2, -0.15) is 0 Å². The average molecular weight is 214 g/mol. The number of carbonyl (C=O) groups excluding carboxylic acids is 1. The van der Waals surface area contributed by atoms with Gasteiger partial charge in [0.05, 0.1) is 6.54 Å². The quantitative estimate of drug-likeness (QED) is 0.789. The van der Waals surface area contributed by atoms with Crippen molar-refractivity contribution in [3.05, 3.63) is 35.4 Å². The average Bonchev–Trinajstić information content (AvgIpc) is 2.26. The molecule has 1 aromatic carbocycles. The summed E-state index contributed by atoms with van der Waals surface area (Å²) in [5, 5.41) is 2.12. The molecule has 5 heteroatoms. The van der Waals surface area contributed by atoms with Crippen molar-refractivity contribution < 1.29 is 13.6 Å². The summed E-state index contributed by atoms with van der Waals surface area (Å²) in [7, 11) is 0. The van der Waals surface area contributed by atoms with Crippen LogP contribution in [-0.4, -0.2) is 18.9 Å². The van der Waals surface area contributed by atoms with Crippen molar-refractivity contribution in [1.82, 2.24) is 5.32 Å². The molecule has 1 amide bonds. The third kappa shape index (κ3) is 3.63. The number of amides is 1. The molecule has 0 unspecified atom stereocenters. The summed E-state index contributed by atoms with van der Waals surface area (Å²) in [6.45, 7) is -0.318. The van der Waals surface area contributed by atoms with E-state index in [0.717, 1.165) is 5.56 Å². The van der Waals surface area contributed by atoms with Crippen LogP contribution in [0.25, 0.3) is 0 Å². The number of hydrogen-bond acceptors (Lipinski definition) is 2. The van der Waals surface area contributed by atoms with Crippen LogP contribution >= 0.6 is 0 Å². The summed E-state index contributed by atoms with van der Waals surface area (Å²) in [6, 6.07) is 6.57. The fraction of sp³-hybridized carbons (Fsp3) is 0.300. The fourth-order valence-electron chi connectivity index (χ4n) is 1.11. The molecule has 3 nitrogen and oxygen atoms in total. The smallest absolute Gasteiger partial charge is 0.255 e. The highest BCUT2D eigenvalue weighted by Crippen LogP contribution is 2.04. The lowest BCUT2D eigenvalue weighted by molar-refractivity contribution is 0.0891. The number of halogens is 2. The van der Waals surface area contributed by atoms with Gasteiger partial charge in [-0.25, -0.2) is 8.78 Å². The van der Waals surface area contributed by atoms with Crippen molar-refractivity contribution in [2.24, 2.45) is 5.73 Å². The molecule has 82 valence electrons. The fourth-order valence-corrected chi connectivity index (χ4v) is 1.11. The number of rotatable bonds is 4. The maximum atomic E-state index is 11.8. The van der Waals surface area contributed by atoms with E-state index in [2.05, 4.69) is 5.32 Å². The van der Waals surface area contributed by atoms with Crippen molar-refractivity contribution in [3.63, 3.8) is 0 Å². The lowest BCUT2D eigenvalue weighted by Crippen LogP contribution is -2.28. The Morgan fingerprint density at radius 1 is 1.47 bits per heavy atom. The molecule has 0 aliphatic heterocycles. The molecule has 15 heavy (non-hydrogen) atoms. The monoisotopic (exact) mass is 214 g/mol. The van der Waals surface area contributed by atoms with E-state index >= 15 is 0 Å². The minimum absolute atomic E-state index is 0.315. The van der Waals surface area contributed by atoms with Crippen molar-refractivity contribution in [3.8, 4) is 0 Å². The number of carbonyl (C=O) groups is 1. The Hall–Kier alpha value is -1.49. The molecule has 1 rings (SSSR count). The van der Waals surface area contributed by atoms with E-state index < -0.39 is 18.9 Å². The molecule has 0 aromatic heterocycles. The summed E-state index contributed by atoms with van der Waals surface area (Å²) in [5.74, 6) is -0.509. The molecule has 0 fully saturated rings. The summed E-state index contributed by atoms with van der Waals surface area (Å²) in [5.41, 5.74) is 6.53. The topological polar surface area (TPSA) is 55.1 Å². The zero-order valence-electron chi connectivity index (χ0n) is 8.04. The van der Waals surface area contributed by atoms with Crippen molar-refractivity contribution in [2.45, 2.75) is 13.0 Å². The molecule has 0 radical (unpaired) electrons. The van der Waals surface area contributed by atoms with Crippen LogP contribution < -0.4 is 11.1 Å². The highest BCUT2D eigenvalue weighted by molar-refractivity contribution is 5.94. The van der Waals surface area contributed by atoms with Gasteiger partial charge in [0.25, 0.3) is 12.3 Å². The summed E-state index contributed by atoms with van der Waals surface area (Å²) < 4.78 is 23.6. The number of nitrogens with one attached hydrogen (secondary N) is 1. The molecule has 0 bridgehead atoms. The molecular formula is C10H12F2N2O. The molecule has 0 saturated heterocycles. The van der Waals surface area contributed by atoms with Gasteiger partial charge in [-0.15, -0.1) is 0 Å². The maximum Gasteiger partial charge on any atom is 0.255 e. The number of alkyl halides is 2. The van der Waals surface area contributed by atoms with Gasteiger partial charge in [-0.3, -0.25) is 4.79 Å². The van der Waals surface area contributed by atoms with E-state index in [9.17, 15) is 13.6 Å². The number of benzene rings is 1. The Labute approximate surface area is 86.3 Å². The molecular weight excluding hydrogens is 202 g/mol. The first kappa shape index (κ1) is 11.6. The van der Waals surface area contributed by atoms with E-state index in [1.807, 2.05) is 0 Å². The summed E-state index contributed by atoms with van der Waals surface area (Å²) >= 11 is 0. The van der Waals surface area contributed by atoms with Gasteiger partial charge in [0.2, 0.25) is 0 Å². The molecule has 0 aliphatic rings. The second kappa shape index (κ2) is 5.41. The third-order valence-corrected chi connectivity index (χ3v) is 1.84. The van der Waals surface area contributed by atoms with Crippen LogP contribution in [0.4, 0.5) is 8.78 Å². The Kier molecular flexibility index (Phi) is 4.17. The standard InChI is InChI=1S/C10H12F2N2O/c11-9(12)6-14-10(15)8-3-1-2-7(4-8)5-13/h1-4,9H,5-6,13H2,(H,14,15). The van der Waals surface area contributed by atoms with Gasteiger partial charge < -0.3 is 11.1 Å². The zero-order chi connectivity index (χ0) is 11.3. The second-order valence-electron chi connectivity index (χ2n) is 3.01. The first-order valence-corrected chi connectivity index (χ1v) is 4.49. The van der Waals surface area contributed by atoms with Gasteiger partial charge in [0, 0.05) is 12.1 Å². The minimum Gasteiger partial charge on any atom is -0.346 e. The van der Waals surface area contributed by atoms with Crippen LogP contribution in [0, 0.1) is 0 Å². The molecule has 0 saturated carbocycles. The van der Waals surface area contributed by atoms with Crippen LogP contribution in [0.5, 0.6) is 0 Å². The van der Waals surface area contributed by atoms with Crippen LogP contribution in [0.3, 0.4) is 0 Å². The normalized spacial score (nSPS) is 10.4. The molecule has 3 N–H and O–H groups in total. The van der Waals surface area contributed by atoms with Crippen molar-refractivity contribution in [1.29, 1.82) is 0 Å². The van der Waals surface area contributed by atoms with Crippen LogP contribution in [0.1, 0.15) is 15.9 Å². The first-order chi connectivity index (χ1) is 7.13. The van der Waals surface area contributed by atoms with Crippen molar-refractivity contribution >= 4 is 5.91 Å². The molecule has 1 aromatic rings. The van der Waals surface area contributed by atoms with Crippen molar-refractivity contribution in [2.75, 3.05) is 6.54 Å². The largest absolute Gasteiger partial charge is 0.346 e. The molecule has 0 atom stereocenters. The maximum absolute atomic E-state index is 11.8. The summed E-state index contributed by atoms with van der Waals surface area (Å²) in [6.07, 6.45) is -2.54. The van der Waals surface area contributed by atoms with E-state index in [1.165, 1.54) is 0 Å². The van der Waals surface area contributed by atoms with Crippen LogP contribution in [0.15, 0.2) is 24.3 Å². The molecule has 0 aliphatic carbocycles. The van der Waals surface area contributed by atoms with Gasteiger partial charge in [-0.1, -0.05) is 12.1 Å². The van der Waals surface area contributed by atoms with E-state index in [1.54, 1.807) is 24.3 Å². The number of hydrogen-bond donors (Lipinski definition) is 2. The SMILES string of the molecule is NCc1cccc(C(=O)NCC(F)F)c1. The van der Waals surface area contributed by atoms with E-state index in [0.29, 0.717) is 12.1 Å². The van der Waals surface area contributed by atoms with E-state index in [4.69, 9.17) is 5.73 Å². The molecule has 0 heterocycles. The molecule has 0 spiro atoms. The Balaban J connectivity index is 2.65. The Morgan fingerprint density at radius 2 is 2.20 bits per heavy atom. The van der Waals surface area contributed by atoms with Gasteiger partial charge in [0.15, 0.2) is 0 Å². The number of nitrogens with two attached hydrogens (primary N) is 1. The predicted molar refractivity (Wildman–Crippen MR) is 52.7 cm³/mol. The Bertz CT molecular complexity index is 342. The van der Waals surface area contributed by atoms with Gasteiger partial charge >= 0.3 is 0 Å². The predicted octanol–water partition coefficient (Wildman–Crippen LogP) is 1.14. The van der Waals surface area contributed by atoms with Crippen LogP contribution in [-0.2, 0) is 6.54 Å². The lowest BCUT2D eigenvalue weighted by Gasteiger charge is -2.05. The van der Waals surface area contributed by atoms with E-state index in [-0.39, 0.29) is 0 Å². The second-order valence-corrected chi connectivity index (χ2v) is 3.01. The zero-order valence-corrected chi connectivity index (χ0v) is 8.04. The highest BCUT2D eigenvalue weighted by Gasteiger charge is 2.08. The lowest BCUT2D eigenvalue weighted by atomic mass is 10.1. The summed E-state index contributed by atoms with van der Waals surface area (Å²) in [4.78, 5) is 11.3. The Morgan fingerprint density at radius 3 is 2.80 bits per heavy atom. The first-order valence-electron chi connectivity index (χ1n) is 4.49.